The second-order valence-electron chi connectivity index (χ2n) is 5.09. The summed E-state index contributed by atoms with van der Waals surface area (Å²) in [5, 5.41) is 7.38. The van der Waals surface area contributed by atoms with Gasteiger partial charge >= 0.3 is 0 Å². The van der Waals surface area contributed by atoms with Crippen LogP contribution in [0.5, 0.6) is 0 Å². The fourth-order valence-corrected chi connectivity index (χ4v) is 2.37. The normalized spacial score (nSPS) is 16.4. The molecule has 0 aromatic heterocycles. The lowest BCUT2D eigenvalue weighted by Gasteiger charge is -2.22. The number of rotatable bonds is 5. The van der Waals surface area contributed by atoms with Crippen molar-refractivity contribution in [1.29, 1.82) is 0 Å². The average molecular weight is 274 g/mol. The molecule has 0 aliphatic heterocycles. The molecule has 5 heteroatoms. The molecule has 0 bridgehead atoms. The zero-order valence-corrected chi connectivity index (χ0v) is 11.7. The highest BCUT2D eigenvalue weighted by molar-refractivity contribution is 5.81. The first-order chi connectivity index (χ1) is 9.74. The molecule has 1 saturated carbocycles. The van der Waals surface area contributed by atoms with E-state index in [9.17, 15) is 0 Å². The summed E-state index contributed by atoms with van der Waals surface area (Å²) in [5.41, 5.74) is 12.5. The van der Waals surface area contributed by atoms with Gasteiger partial charge in [-0.3, -0.25) is 0 Å². The molecule has 1 aliphatic carbocycles. The summed E-state index contributed by atoms with van der Waals surface area (Å²) >= 11 is 0. The largest absolute Gasteiger partial charge is 0.374 e. The van der Waals surface area contributed by atoms with Gasteiger partial charge in [0.2, 0.25) is 5.96 Å². The summed E-state index contributed by atoms with van der Waals surface area (Å²) < 4.78 is 5.95. The molecule has 108 valence electrons. The third-order valence-corrected chi connectivity index (χ3v) is 3.37. The fraction of sp³-hybridized carbons (Fsp3) is 0.467. The van der Waals surface area contributed by atoms with Gasteiger partial charge in [-0.05, 0) is 30.0 Å². The molecular formula is C15H22N4O. The van der Waals surface area contributed by atoms with Crippen LogP contribution in [0.25, 0.3) is 0 Å². The summed E-state index contributed by atoms with van der Waals surface area (Å²) in [6.07, 6.45) is 8.34. The van der Waals surface area contributed by atoms with Crippen molar-refractivity contribution in [3.05, 3.63) is 35.4 Å². The van der Waals surface area contributed by atoms with Crippen molar-refractivity contribution in [2.75, 3.05) is 0 Å². The molecule has 0 unspecified atom stereocenters. The van der Waals surface area contributed by atoms with E-state index in [0.717, 1.165) is 11.1 Å². The molecule has 0 atom stereocenters. The van der Waals surface area contributed by atoms with Crippen molar-refractivity contribution >= 4 is 12.2 Å². The number of nitrogens with zero attached hydrogens (tertiary/aromatic N) is 2. The second-order valence-corrected chi connectivity index (χ2v) is 5.09. The van der Waals surface area contributed by atoms with Gasteiger partial charge in [-0.15, -0.1) is 5.10 Å². The number of benzene rings is 1. The van der Waals surface area contributed by atoms with Crippen LogP contribution in [0.15, 0.2) is 34.5 Å². The van der Waals surface area contributed by atoms with Crippen molar-refractivity contribution in [1.82, 2.24) is 0 Å². The third-order valence-electron chi connectivity index (χ3n) is 3.37. The Morgan fingerprint density at radius 2 is 2.05 bits per heavy atom. The van der Waals surface area contributed by atoms with Gasteiger partial charge in [-0.2, -0.15) is 5.10 Å². The lowest BCUT2D eigenvalue weighted by Crippen LogP contribution is -2.21. The topological polar surface area (TPSA) is 86.0 Å². The van der Waals surface area contributed by atoms with Crippen LogP contribution in [0.1, 0.15) is 43.2 Å². The van der Waals surface area contributed by atoms with Crippen LogP contribution in [0.2, 0.25) is 0 Å². The standard InChI is InChI=1S/C15H22N4O/c16-15(17)19-18-10-12-5-4-6-13(9-12)11-20-14-7-2-1-3-8-14/h4-6,9-10,14H,1-3,7-8,11H2,(H4,16,17,19). The first kappa shape index (κ1) is 14.5. The van der Waals surface area contributed by atoms with E-state index >= 15 is 0 Å². The maximum absolute atomic E-state index is 5.95. The molecule has 1 aliphatic rings. The molecule has 0 saturated heterocycles. The van der Waals surface area contributed by atoms with Gasteiger partial charge in [0.25, 0.3) is 0 Å². The molecule has 5 nitrogen and oxygen atoms in total. The zero-order chi connectivity index (χ0) is 14.2. The van der Waals surface area contributed by atoms with Crippen molar-refractivity contribution < 1.29 is 4.74 Å². The van der Waals surface area contributed by atoms with Gasteiger partial charge in [-0.25, -0.2) is 0 Å². The molecule has 4 N–H and O–H groups in total. The van der Waals surface area contributed by atoms with Crippen LogP contribution in [0.4, 0.5) is 0 Å². The molecule has 0 spiro atoms. The molecular weight excluding hydrogens is 252 g/mol. The lowest BCUT2D eigenvalue weighted by atomic mass is 9.98. The Morgan fingerprint density at radius 3 is 2.80 bits per heavy atom. The summed E-state index contributed by atoms with van der Waals surface area (Å²) in [6.45, 7) is 0.647. The molecule has 1 fully saturated rings. The van der Waals surface area contributed by atoms with Gasteiger partial charge in [0.05, 0.1) is 18.9 Å². The van der Waals surface area contributed by atoms with Crippen LogP contribution in [0, 0.1) is 0 Å². The van der Waals surface area contributed by atoms with Crippen molar-refractivity contribution in [3.8, 4) is 0 Å². The Labute approximate surface area is 119 Å². The monoisotopic (exact) mass is 274 g/mol. The molecule has 1 aromatic rings. The van der Waals surface area contributed by atoms with Crippen LogP contribution in [0.3, 0.4) is 0 Å². The fourth-order valence-electron chi connectivity index (χ4n) is 2.37. The van der Waals surface area contributed by atoms with E-state index in [-0.39, 0.29) is 5.96 Å². The van der Waals surface area contributed by atoms with Gasteiger partial charge < -0.3 is 16.2 Å². The third kappa shape index (κ3) is 5.01. The molecule has 0 radical (unpaired) electrons. The van der Waals surface area contributed by atoms with E-state index in [1.54, 1.807) is 6.21 Å². The maximum Gasteiger partial charge on any atom is 0.211 e. The number of guanidine groups is 1. The van der Waals surface area contributed by atoms with E-state index in [4.69, 9.17) is 16.2 Å². The zero-order valence-electron chi connectivity index (χ0n) is 11.7. The number of ether oxygens (including phenoxy) is 1. The van der Waals surface area contributed by atoms with Crippen LogP contribution in [-0.2, 0) is 11.3 Å². The Morgan fingerprint density at radius 1 is 1.25 bits per heavy atom. The van der Waals surface area contributed by atoms with Crippen LogP contribution >= 0.6 is 0 Å². The highest BCUT2D eigenvalue weighted by Gasteiger charge is 2.13. The lowest BCUT2D eigenvalue weighted by molar-refractivity contribution is 0.0169. The first-order valence-corrected chi connectivity index (χ1v) is 7.06. The minimum absolute atomic E-state index is 0.0435. The smallest absolute Gasteiger partial charge is 0.211 e. The predicted molar refractivity (Wildman–Crippen MR) is 81.5 cm³/mol. The van der Waals surface area contributed by atoms with E-state index < -0.39 is 0 Å². The predicted octanol–water partition coefficient (Wildman–Crippen LogP) is 2.14. The van der Waals surface area contributed by atoms with Crippen molar-refractivity contribution in [2.24, 2.45) is 21.7 Å². The Balaban J connectivity index is 1.88. The SMILES string of the molecule is NC(N)=NN=Cc1cccc(COC2CCCCC2)c1. The summed E-state index contributed by atoms with van der Waals surface area (Å²) in [7, 11) is 0. The molecule has 0 amide bonds. The van der Waals surface area contributed by atoms with E-state index in [0.29, 0.717) is 12.7 Å². The minimum atomic E-state index is -0.0435. The molecule has 2 rings (SSSR count). The van der Waals surface area contributed by atoms with E-state index in [1.165, 1.54) is 32.1 Å². The Bertz CT molecular complexity index is 475. The Hall–Kier alpha value is -1.88. The minimum Gasteiger partial charge on any atom is -0.374 e. The number of hydrogen-bond donors (Lipinski definition) is 2. The number of hydrogen-bond acceptors (Lipinski definition) is 3. The van der Waals surface area contributed by atoms with Crippen molar-refractivity contribution in [3.63, 3.8) is 0 Å². The summed E-state index contributed by atoms with van der Waals surface area (Å²) in [6, 6.07) is 8.03. The molecule has 20 heavy (non-hydrogen) atoms. The van der Waals surface area contributed by atoms with E-state index in [2.05, 4.69) is 16.3 Å². The van der Waals surface area contributed by atoms with Crippen LogP contribution in [-0.4, -0.2) is 18.3 Å². The second kappa shape index (κ2) is 7.65. The van der Waals surface area contributed by atoms with E-state index in [1.807, 2.05) is 18.2 Å². The number of nitrogens with two attached hydrogens (primary N) is 2. The summed E-state index contributed by atoms with van der Waals surface area (Å²) in [5.74, 6) is -0.0435. The first-order valence-electron chi connectivity index (χ1n) is 7.06. The highest BCUT2D eigenvalue weighted by Crippen LogP contribution is 2.21. The Kier molecular flexibility index (Phi) is 5.55. The van der Waals surface area contributed by atoms with Gasteiger partial charge in [0, 0.05) is 0 Å². The van der Waals surface area contributed by atoms with Crippen LogP contribution < -0.4 is 11.5 Å². The highest BCUT2D eigenvalue weighted by atomic mass is 16.5. The average Bonchev–Trinajstić information content (AvgIpc) is 2.46. The molecule has 1 aromatic carbocycles. The molecule has 0 heterocycles. The van der Waals surface area contributed by atoms with Crippen molar-refractivity contribution in [2.45, 2.75) is 44.8 Å². The van der Waals surface area contributed by atoms with Gasteiger partial charge in [-0.1, -0.05) is 37.5 Å². The maximum atomic E-state index is 5.95. The quantitative estimate of drug-likeness (QED) is 0.490. The summed E-state index contributed by atoms with van der Waals surface area (Å²) in [4.78, 5) is 0. The van der Waals surface area contributed by atoms with Gasteiger partial charge in [0.15, 0.2) is 0 Å². The van der Waals surface area contributed by atoms with Gasteiger partial charge in [0.1, 0.15) is 0 Å².